The molecule has 2 aliphatic rings. The largest absolute Gasteiger partial charge is 0.495 e. The van der Waals surface area contributed by atoms with Crippen LogP contribution in [0.5, 0.6) is 5.75 Å². The van der Waals surface area contributed by atoms with Crippen LogP contribution in [0.2, 0.25) is 5.02 Å². The van der Waals surface area contributed by atoms with Crippen LogP contribution in [0.15, 0.2) is 42.6 Å². The number of aromatic nitrogens is 2. The molecule has 14 heteroatoms. The van der Waals surface area contributed by atoms with Gasteiger partial charge in [-0.05, 0) is 80.9 Å². The topological polar surface area (TPSA) is 105 Å². The molecule has 2 atom stereocenters. The quantitative estimate of drug-likeness (QED) is 0.254. The first kappa shape index (κ1) is 34.1. The molecule has 1 N–H and O–H groups in total. The molecule has 0 amide bonds. The number of ketones is 1. The lowest BCUT2D eigenvalue weighted by Gasteiger charge is -2.29. The number of anilines is 2. The second-order valence-electron chi connectivity index (χ2n) is 12.2. The second kappa shape index (κ2) is 13.5. The summed E-state index contributed by atoms with van der Waals surface area (Å²) in [5, 5.41) is 3.08. The van der Waals surface area contributed by atoms with Gasteiger partial charge in [0.15, 0.2) is 5.78 Å². The van der Waals surface area contributed by atoms with Gasteiger partial charge in [-0.2, -0.15) is 17.5 Å². The summed E-state index contributed by atoms with van der Waals surface area (Å²) >= 11 is 6.55. The standard InChI is InChI=1S/C32H37ClF3N5O4S/c1-40-11-9-19(10-12-40)13-28(42)23-16-29(45-3)27(17-25(23)33)39-31-37-18-24(32(34,35)36)26(38-31)15-21-14-20-7-5-6-8-22(20)30(21)41(2)46(4,43)44/h5-8,16-19,21,30H,9-15H2,1-4H3,(H,37,38,39)/t21-,30-/m0/s1. The molecule has 3 aromatic rings. The van der Waals surface area contributed by atoms with Crippen molar-refractivity contribution in [2.75, 3.05) is 45.9 Å². The number of likely N-dealkylation sites (tertiary alicyclic amines) is 1. The minimum absolute atomic E-state index is 0.108. The predicted molar refractivity (Wildman–Crippen MR) is 170 cm³/mol. The van der Waals surface area contributed by atoms with Crippen LogP contribution in [0.1, 0.15) is 58.0 Å². The van der Waals surface area contributed by atoms with E-state index in [0.717, 1.165) is 49.5 Å². The predicted octanol–water partition coefficient (Wildman–Crippen LogP) is 6.16. The molecule has 1 saturated heterocycles. The maximum absolute atomic E-state index is 14.2. The van der Waals surface area contributed by atoms with Crippen molar-refractivity contribution in [1.29, 1.82) is 0 Å². The number of alkyl halides is 3. The summed E-state index contributed by atoms with van der Waals surface area (Å²) in [5.74, 6) is -0.246. The fourth-order valence-electron chi connectivity index (χ4n) is 6.45. The molecular weight excluding hydrogens is 643 g/mol. The number of hydrogen-bond acceptors (Lipinski definition) is 8. The third kappa shape index (κ3) is 7.48. The Balaban J connectivity index is 1.43. The number of hydrogen-bond donors (Lipinski definition) is 1. The minimum Gasteiger partial charge on any atom is -0.495 e. The van der Waals surface area contributed by atoms with Crippen molar-refractivity contribution in [3.8, 4) is 5.75 Å². The Kier molecular flexibility index (Phi) is 9.97. The van der Waals surface area contributed by atoms with Crippen LogP contribution in [-0.2, 0) is 29.0 Å². The molecule has 248 valence electrons. The zero-order valence-corrected chi connectivity index (χ0v) is 27.6. The van der Waals surface area contributed by atoms with E-state index in [2.05, 4.69) is 27.2 Å². The number of nitrogens with one attached hydrogen (secondary N) is 1. The van der Waals surface area contributed by atoms with Gasteiger partial charge in [-0.1, -0.05) is 35.9 Å². The van der Waals surface area contributed by atoms with Gasteiger partial charge in [0.2, 0.25) is 16.0 Å². The molecule has 2 heterocycles. The number of carbonyl (C=O) groups is 1. The van der Waals surface area contributed by atoms with E-state index in [0.29, 0.717) is 18.4 Å². The van der Waals surface area contributed by atoms with E-state index in [4.69, 9.17) is 16.3 Å². The van der Waals surface area contributed by atoms with Crippen LogP contribution in [0.4, 0.5) is 24.8 Å². The number of rotatable bonds is 10. The van der Waals surface area contributed by atoms with Crippen molar-refractivity contribution < 1.29 is 31.1 Å². The molecule has 0 bridgehead atoms. The number of fused-ring (bicyclic) bond motifs is 1. The summed E-state index contributed by atoms with van der Waals surface area (Å²) in [6.07, 6.45) is -0.538. The second-order valence-corrected chi connectivity index (χ2v) is 14.6. The van der Waals surface area contributed by atoms with Crippen LogP contribution in [0.3, 0.4) is 0 Å². The van der Waals surface area contributed by atoms with Crippen molar-refractivity contribution in [3.05, 3.63) is 75.6 Å². The number of nitrogens with zero attached hydrogens (tertiary/aromatic N) is 4. The molecule has 0 unspecified atom stereocenters. The molecule has 0 radical (unpaired) electrons. The Morgan fingerprint density at radius 3 is 2.54 bits per heavy atom. The third-order valence-corrected chi connectivity index (χ3v) is 10.6. The van der Waals surface area contributed by atoms with Gasteiger partial charge < -0.3 is 15.0 Å². The van der Waals surface area contributed by atoms with Crippen molar-refractivity contribution in [3.63, 3.8) is 0 Å². The van der Waals surface area contributed by atoms with Gasteiger partial charge in [-0.15, -0.1) is 0 Å². The first-order valence-electron chi connectivity index (χ1n) is 15.0. The van der Waals surface area contributed by atoms with Gasteiger partial charge in [0.1, 0.15) is 5.75 Å². The van der Waals surface area contributed by atoms with E-state index in [9.17, 15) is 26.4 Å². The number of halogens is 4. The average Bonchev–Trinajstić information content (AvgIpc) is 3.34. The molecule has 1 aliphatic heterocycles. The normalized spacial score (nSPS) is 19.3. The molecular formula is C32H37ClF3N5O4S. The molecule has 0 saturated carbocycles. The molecule has 9 nitrogen and oxygen atoms in total. The first-order chi connectivity index (χ1) is 21.7. The Labute approximate surface area is 272 Å². The Bertz CT molecular complexity index is 1710. The highest BCUT2D eigenvalue weighted by Gasteiger charge is 2.41. The fraction of sp³-hybridized carbons (Fsp3) is 0.469. The van der Waals surface area contributed by atoms with Crippen molar-refractivity contribution in [2.24, 2.45) is 11.8 Å². The minimum atomic E-state index is -4.74. The Hall–Kier alpha value is -3.26. The van der Waals surface area contributed by atoms with Crippen LogP contribution in [0, 0.1) is 11.8 Å². The zero-order valence-electron chi connectivity index (χ0n) is 26.1. The highest BCUT2D eigenvalue weighted by molar-refractivity contribution is 7.88. The Morgan fingerprint density at radius 1 is 1.20 bits per heavy atom. The smallest absolute Gasteiger partial charge is 0.419 e. The summed E-state index contributed by atoms with van der Waals surface area (Å²) in [5.41, 5.74) is 0.931. The summed E-state index contributed by atoms with van der Waals surface area (Å²) in [7, 11) is 1.24. The third-order valence-electron chi connectivity index (χ3n) is 8.99. The summed E-state index contributed by atoms with van der Waals surface area (Å²) in [6, 6.07) is 9.59. The van der Waals surface area contributed by atoms with Crippen molar-refractivity contribution in [1.82, 2.24) is 19.2 Å². The zero-order chi connectivity index (χ0) is 33.4. The number of piperidine rings is 1. The molecule has 46 heavy (non-hydrogen) atoms. The molecule has 0 spiro atoms. The van der Waals surface area contributed by atoms with Crippen molar-refractivity contribution in [2.45, 2.75) is 44.3 Å². The number of ether oxygens (including phenoxy) is 1. The lowest BCUT2D eigenvalue weighted by atomic mass is 9.90. The van der Waals surface area contributed by atoms with Crippen molar-refractivity contribution >= 4 is 39.0 Å². The van der Waals surface area contributed by atoms with Gasteiger partial charge in [0.05, 0.1) is 41.4 Å². The van der Waals surface area contributed by atoms with E-state index in [1.807, 2.05) is 12.1 Å². The lowest BCUT2D eigenvalue weighted by molar-refractivity contribution is -0.138. The summed E-state index contributed by atoms with van der Waals surface area (Å²) < 4.78 is 74.4. The Morgan fingerprint density at radius 2 is 1.89 bits per heavy atom. The monoisotopic (exact) mass is 679 g/mol. The highest BCUT2D eigenvalue weighted by atomic mass is 35.5. The van der Waals surface area contributed by atoms with E-state index in [1.54, 1.807) is 12.1 Å². The number of carbonyl (C=O) groups excluding carboxylic acids is 1. The fourth-order valence-corrected chi connectivity index (χ4v) is 7.42. The molecule has 2 aromatic carbocycles. The highest BCUT2D eigenvalue weighted by Crippen LogP contribution is 2.44. The molecule has 1 aliphatic carbocycles. The average molecular weight is 680 g/mol. The van der Waals surface area contributed by atoms with Crippen LogP contribution in [0.25, 0.3) is 0 Å². The van der Waals surface area contributed by atoms with Gasteiger partial charge >= 0.3 is 6.18 Å². The molecule has 5 rings (SSSR count). The maximum Gasteiger partial charge on any atom is 0.419 e. The van der Waals surface area contributed by atoms with Gasteiger partial charge in [-0.3, -0.25) is 4.79 Å². The summed E-state index contributed by atoms with van der Waals surface area (Å²) in [6.45, 7) is 1.85. The van der Waals surface area contributed by atoms with E-state index < -0.39 is 33.7 Å². The van der Waals surface area contributed by atoms with Crippen LogP contribution < -0.4 is 10.1 Å². The first-order valence-corrected chi connectivity index (χ1v) is 17.2. The molecule has 1 aromatic heterocycles. The molecule has 1 fully saturated rings. The van der Waals surface area contributed by atoms with E-state index >= 15 is 0 Å². The lowest BCUT2D eigenvalue weighted by Crippen LogP contribution is -2.34. The van der Waals surface area contributed by atoms with Gasteiger partial charge in [0.25, 0.3) is 0 Å². The number of Topliss-reactive ketones (excluding diaryl/α,β-unsaturated/α-hetero) is 1. The summed E-state index contributed by atoms with van der Waals surface area (Å²) in [4.78, 5) is 23.6. The van der Waals surface area contributed by atoms with Crippen LogP contribution >= 0.6 is 11.6 Å². The van der Waals surface area contributed by atoms with E-state index in [-0.39, 0.29) is 46.2 Å². The van der Waals surface area contributed by atoms with E-state index in [1.165, 1.54) is 30.6 Å². The van der Waals surface area contributed by atoms with Gasteiger partial charge in [-0.25, -0.2) is 18.4 Å². The van der Waals surface area contributed by atoms with Gasteiger partial charge in [0, 0.05) is 25.2 Å². The number of methoxy groups -OCH3 is 1. The van der Waals surface area contributed by atoms with Crippen LogP contribution in [-0.4, -0.2) is 73.9 Å². The SMILES string of the molecule is COc1cc(C(=O)CC2CCN(C)CC2)c(Cl)cc1Nc1ncc(C(F)(F)F)c(C[C@@H]2Cc3ccccc3[C@H]2N(C)S(C)(=O)=O)n1. The number of benzene rings is 2. The maximum atomic E-state index is 14.2. The number of sulfonamides is 1.